The molecule has 0 aromatic rings. The standard InChI is InChI=1S/C9H17NO5S.CH2O3.Na/c1-4-15-8(11)9(2,16(3,13)14)6-5-7-10-12;2-1(3)4;/h7,12H,4-6H2,1-3H3;(H2,2,3,4);/q;;+1/p-1. The smallest absolute Gasteiger partial charge is 0.565 e. The van der Waals surface area contributed by atoms with Crippen LogP contribution in [0.5, 0.6) is 0 Å². The number of carbonyl (C=O) groups is 2. The van der Waals surface area contributed by atoms with E-state index in [4.69, 9.17) is 25.0 Å². The van der Waals surface area contributed by atoms with E-state index < -0.39 is 26.7 Å². The maximum Gasteiger partial charge on any atom is 1.00 e. The van der Waals surface area contributed by atoms with Gasteiger partial charge in [0.05, 0.1) is 6.61 Å². The first kappa shape index (κ1) is 25.1. The average Bonchev–Trinajstić information content (AvgIpc) is 2.27. The van der Waals surface area contributed by atoms with E-state index in [-0.39, 0.29) is 49.0 Å². The maximum atomic E-state index is 11.6. The first-order valence-corrected chi connectivity index (χ1v) is 7.34. The fourth-order valence-electron chi connectivity index (χ4n) is 1.12. The van der Waals surface area contributed by atoms with Gasteiger partial charge in [0, 0.05) is 12.5 Å². The second kappa shape index (κ2) is 11.8. The molecule has 0 radical (unpaired) electrons. The topological polar surface area (TPSA) is 153 Å². The Morgan fingerprint density at radius 1 is 1.43 bits per heavy atom. The van der Waals surface area contributed by atoms with Crippen molar-refractivity contribution in [2.75, 3.05) is 12.9 Å². The molecule has 21 heavy (non-hydrogen) atoms. The van der Waals surface area contributed by atoms with E-state index >= 15 is 0 Å². The zero-order chi connectivity index (χ0) is 16.4. The van der Waals surface area contributed by atoms with E-state index in [1.807, 2.05) is 0 Å². The summed E-state index contributed by atoms with van der Waals surface area (Å²) in [6.07, 6.45) is 0.246. The molecule has 2 N–H and O–H groups in total. The van der Waals surface area contributed by atoms with E-state index in [1.165, 1.54) is 6.92 Å². The van der Waals surface area contributed by atoms with Gasteiger partial charge in [0.25, 0.3) is 0 Å². The summed E-state index contributed by atoms with van der Waals surface area (Å²) in [5, 5.41) is 26.3. The van der Waals surface area contributed by atoms with Gasteiger partial charge in [-0.25, -0.2) is 8.42 Å². The van der Waals surface area contributed by atoms with Gasteiger partial charge in [-0.2, -0.15) is 0 Å². The molecule has 0 spiro atoms. The molecule has 0 aromatic carbocycles. The van der Waals surface area contributed by atoms with Crippen LogP contribution < -0.4 is 34.7 Å². The maximum absolute atomic E-state index is 11.6. The van der Waals surface area contributed by atoms with Gasteiger partial charge in [-0.05, 0) is 26.7 Å². The molecule has 1 unspecified atom stereocenters. The third kappa shape index (κ3) is 10.5. The molecule has 0 aliphatic carbocycles. The second-order valence-corrected chi connectivity index (χ2v) is 6.27. The van der Waals surface area contributed by atoms with Crippen LogP contribution in [0.15, 0.2) is 5.16 Å². The summed E-state index contributed by atoms with van der Waals surface area (Å²) in [5.74, 6) is -0.774. The van der Waals surface area contributed by atoms with Crippen molar-refractivity contribution in [1.82, 2.24) is 0 Å². The van der Waals surface area contributed by atoms with Crippen LogP contribution in [-0.2, 0) is 19.4 Å². The average molecular weight is 335 g/mol. The quantitative estimate of drug-likeness (QED) is 0.166. The van der Waals surface area contributed by atoms with Crippen molar-refractivity contribution in [1.29, 1.82) is 0 Å². The number of ether oxygens (including phenoxy) is 1. The number of nitrogens with zero attached hydrogens (tertiary/aromatic N) is 1. The normalized spacial score (nSPS) is 13.3. The van der Waals surface area contributed by atoms with Crippen molar-refractivity contribution in [2.45, 2.75) is 31.4 Å². The van der Waals surface area contributed by atoms with E-state index in [2.05, 4.69) is 5.16 Å². The summed E-state index contributed by atoms with van der Waals surface area (Å²) in [5.41, 5.74) is 0. The Bertz CT molecular complexity index is 446. The Morgan fingerprint density at radius 3 is 2.14 bits per heavy atom. The molecule has 0 saturated carbocycles. The summed E-state index contributed by atoms with van der Waals surface area (Å²) in [4.78, 5) is 20.0. The van der Waals surface area contributed by atoms with E-state index in [1.54, 1.807) is 6.92 Å². The summed E-state index contributed by atoms with van der Waals surface area (Å²) in [7, 11) is -3.58. The van der Waals surface area contributed by atoms with E-state index in [9.17, 15) is 13.2 Å². The minimum atomic E-state index is -3.58. The minimum Gasteiger partial charge on any atom is -0.565 e. The number of carbonyl (C=O) groups excluding carboxylic acids is 1. The van der Waals surface area contributed by atoms with Crippen LogP contribution in [0.3, 0.4) is 0 Å². The molecule has 118 valence electrons. The third-order valence-corrected chi connectivity index (χ3v) is 4.37. The fourth-order valence-corrected chi connectivity index (χ4v) is 1.97. The Morgan fingerprint density at radius 2 is 1.86 bits per heavy atom. The number of esters is 1. The van der Waals surface area contributed by atoms with Gasteiger partial charge in [-0.3, -0.25) is 4.79 Å². The molecule has 0 rings (SSSR count). The van der Waals surface area contributed by atoms with E-state index in [0.29, 0.717) is 0 Å². The van der Waals surface area contributed by atoms with Gasteiger partial charge in [0.1, 0.15) is 0 Å². The number of sulfone groups is 1. The molecule has 9 nitrogen and oxygen atoms in total. The van der Waals surface area contributed by atoms with Crippen LogP contribution in [0.25, 0.3) is 0 Å². The van der Waals surface area contributed by atoms with Crippen LogP contribution in [0, 0.1) is 0 Å². The van der Waals surface area contributed by atoms with Crippen LogP contribution in [0.4, 0.5) is 4.79 Å². The zero-order valence-corrected chi connectivity index (χ0v) is 15.2. The largest absolute Gasteiger partial charge is 1.00 e. The first-order valence-electron chi connectivity index (χ1n) is 5.45. The first-order chi connectivity index (χ1) is 9.02. The van der Waals surface area contributed by atoms with Gasteiger partial charge in [0.15, 0.2) is 14.6 Å². The number of hydrogen-bond donors (Lipinski definition) is 2. The van der Waals surface area contributed by atoms with Crippen molar-refractivity contribution in [3.8, 4) is 0 Å². The molecule has 0 aliphatic rings. The summed E-state index contributed by atoms with van der Waals surface area (Å²) < 4.78 is 26.3. The predicted octanol–water partition coefficient (Wildman–Crippen LogP) is -3.52. The van der Waals surface area contributed by atoms with Crippen molar-refractivity contribution in [2.24, 2.45) is 5.16 Å². The van der Waals surface area contributed by atoms with Crippen molar-refractivity contribution in [3.63, 3.8) is 0 Å². The van der Waals surface area contributed by atoms with Gasteiger partial charge in [-0.15, -0.1) is 5.16 Å². The molecule has 1 atom stereocenters. The van der Waals surface area contributed by atoms with Crippen LogP contribution in [0.1, 0.15) is 26.7 Å². The zero-order valence-electron chi connectivity index (χ0n) is 12.4. The second-order valence-electron chi connectivity index (χ2n) is 3.83. The number of carboxylic acid groups (broad SMARTS) is 2. The Balaban J connectivity index is -0.000000572. The summed E-state index contributed by atoms with van der Waals surface area (Å²) in [6.45, 7) is 3.04. The Labute approximate surface area is 145 Å². The van der Waals surface area contributed by atoms with Gasteiger partial charge < -0.3 is 25.0 Å². The summed E-state index contributed by atoms with van der Waals surface area (Å²) in [6, 6.07) is 0. The number of rotatable bonds is 6. The molecular weight excluding hydrogens is 317 g/mol. The molecule has 0 aromatic heterocycles. The molecular formula is C10H18NNaO8S. The van der Waals surface area contributed by atoms with Crippen molar-refractivity contribution >= 4 is 28.2 Å². The molecule has 11 heteroatoms. The van der Waals surface area contributed by atoms with Gasteiger partial charge in [0.2, 0.25) is 6.16 Å². The minimum absolute atomic E-state index is 0. The van der Waals surface area contributed by atoms with Crippen LogP contribution in [-0.4, -0.2) is 54.7 Å². The summed E-state index contributed by atoms with van der Waals surface area (Å²) >= 11 is 0. The molecule has 0 amide bonds. The van der Waals surface area contributed by atoms with Gasteiger partial charge in [-0.1, -0.05) is 0 Å². The molecule has 0 aliphatic heterocycles. The van der Waals surface area contributed by atoms with Crippen LogP contribution >= 0.6 is 0 Å². The van der Waals surface area contributed by atoms with Crippen molar-refractivity contribution < 1.29 is 67.7 Å². The third-order valence-electron chi connectivity index (χ3n) is 2.36. The van der Waals surface area contributed by atoms with Crippen LogP contribution in [0.2, 0.25) is 0 Å². The molecule has 0 fully saturated rings. The van der Waals surface area contributed by atoms with E-state index in [0.717, 1.165) is 12.5 Å². The number of hydrogen-bond acceptors (Lipinski definition) is 8. The SMILES string of the molecule is CCOC(=O)C(C)(CCC=NO)S(C)(=O)=O.O=C([O-])O.[Na+]. The fraction of sp³-hybridized carbons (Fsp3) is 0.700. The number of oxime groups is 1. The monoisotopic (exact) mass is 335 g/mol. The Kier molecular flexibility index (Phi) is 14.1. The molecule has 0 bridgehead atoms. The van der Waals surface area contributed by atoms with Crippen molar-refractivity contribution in [3.05, 3.63) is 0 Å². The molecule has 0 heterocycles. The van der Waals surface area contributed by atoms with Gasteiger partial charge >= 0.3 is 35.5 Å². The predicted molar refractivity (Wildman–Crippen MR) is 67.4 cm³/mol. The molecule has 0 saturated heterocycles. The Hall–Kier alpha value is -0.840.